The molecule has 0 saturated carbocycles. The second-order valence-corrected chi connectivity index (χ2v) is 16.7. The van der Waals surface area contributed by atoms with Gasteiger partial charge in [0.05, 0.1) is 5.52 Å². The van der Waals surface area contributed by atoms with Gasteiger partial charge in [0, 0.05) is 55.6 Å². The highest BCUT2D eigenvalue weighted by Crippen LogP contribution is 2.44. The third-order valence-electron chi connectivity index (χ3n) is 13.2. The molecular weight excluding hydrogens is 765 g/mol. The molecule has 0 saturated heterocycles. The summed E-state index contributed by atoms with van der Waals surface area (Å²) < 4.78 is 9.12. The maximum absolute atomic E-state index is 6.64. The first-order valence-corrected chi connectivity index (χ1v) is 21.9. The van der Waals surface area contributed by atoms with Gasteiger partial charge in [-0.1, -0.05) is 158 Å². The van der Waals surface area contributed by atoms with Gasteiger partial charge in [-0.2, -0.15) is 0 Å². The first-order valence-electron chi connectivity index (χ1n) is 21.9. The second kappa shape index (κ2) is 14.2. The number of hydrogen-bond donors (Lipinski definition) is 0. The first kappa shape index (κ1) is 35.6. The average molecular weight is 805 g/mol. The molecule has 12 aromatic rings. The van der Waals surface area contributed by atoms with Crippen molar-refractivity contribution < 1.29 is 4.42 Å². The van der Waals surface area contributed by atoms with Crippen molar-refractivity contribution >= 4 is 88.3 Å². The van der Waals surface area contributed by atoms with Crippen molar-refractivity contribution in [3.8, 4) is 27.9 Å². The minimum atomic E-state index is 0.892. The number of rotatable bonds is 6. The van der Waals surface area contributed by atoms with Crippen molar-refractivity contribution in [3.63, 3.8) is 0 Å². The smallest absolute Gasteiger partial charge is 0.143 e. The van der Waals surface area contributed by atoms with Crippen LogP contribution in [0.4, 0.5) is 17.1 Å². The maximum atomic E-state index is 6.64. The van der Waals surface area contributed by atoms with Gasteiger partial charge in [0.1, 0.15) is 11.2 Å². The summed E-state index contributed by atoms with van der Waals surface area (Å²) in [5, 5.41) is 10.9. The van der Waals surface area contributed by atoms with Crippen molar-refractivity contribution in [3.05, 3.63) is 224 Å². The molecule has 0 N–H and O–H groups in total. The summed E-state index contributed by atoms with van der Waals surface area (Å²) in [6, 6.07) is 75.2. The van der Waals surface area contributed by atoms with Crippen LogP contribution in [0, 0.1) is 0 Å². The summed E-state index contributed by atoms with van der Waals surface area (Å²) in [7, 11) is 0. The number of fused-ring (bicyclic) bond motifs is 11. The van der Waals surface area contributed by atoms with Crippen LogP contribution >= 0.6 is 0 Å². The van der Waals surface area contributed by atoms with Crippen molar-refractivity contribution in [2.45, 2.75) is 12.8 Å². The summed E-state index contributed by atoms with van der Waals surface area (Å²) in [5.41, 5.74) is 14.9. The number of para-hydroxylation sites is 1. The largest absolute Gasteiger partial charge is 0.455 e. The predicted octanol–water partition coefficient (Wildman–Crippen LogP) is 16.8. The molecule has 2 aromatic heterocycles. The Labute approximate surface area is 365 Å². The molecule has 3 nitrogen and oxygen atoms in total. The molecule has 0 spiro atoms. The lowest BCUT2D eigenvalue weighted by Gasteiger charge is -2.27. The van der Waals surface area contributed by atoms with Crippen LogP contribution in [0.3, 0.4) is 0 Å². The zero-order valence-corrected chi connectivity index (χ0v) is 34.5. The summed E-state index contributed by atoms with van der Waals surface area (Å²) in [5.74, 6) is 0. The highest BCUT2D eigenvalue weighted by atomic mass is 16.3. The summed E-state index contributed by atoms with van der Waals surface area (Å²) in [6.07, 6.45) is 6.66. The van der Waals surface area contributed by atoms with E-state index in [2.05, 4.69) is 228 Å². The molecule has 0 unspecified atom stereocenters. The molecule has 1 aliphatic rings. The van der Waals surface area contributed by atoms with Gasteiger partial charge >= 0.3 is 0 Å². The Morgan fingerprint density at radius 3 is 2.00 bits per heavy atom. The normalized spacial score (nSPS) is 12.6. The molecular formula is C60H40N2O. The van der Waals surface area contributed by atoms with Gasteiger partial charge in [-0.15, -0.1) is 0 Å². The number of nitrogens with zero attached hydrogens (tertiary/aromatic N) is 2. The molecule has 0 fully saturated rings. The zero-order chi connectivity index (χ0) is 41.4. The molecule has 13 rings (SSSR count). The molecule has 63 heavy (non-hydrogen) atoms. The first-order chi connectivity index (χ1) is 31.2. The number of benzene rings is 10. The number of aromatic nitrogens is 1. The van der Waals surface area contributed by atoms with Gasteiger partial charge in [-0.25, -0.2) is 0 Å². The van der Waals surface area contributed by atoms with Crippen molar-refractivity contribution in [2.24, 2.45) is 0 Å². The van der Waals surface area contributed by atoms with E-state index in [0.717, 1.165) is 74.0 Å². The van der Waals surface area contributed by atoms with Crippen LogP contribution in [-0.2, 0) is 6.42 Å². The topological polar surface area (TPSA) is 21.3 Å². The fourth-order valence-corrected chi connectivity index (χ4v) is 10.4. The Bertz CT molecular complexity index is 3810. The maximum Gasteiger partial charge on any atom is 0.143 e. The third kappa shape index (κ3) is 5.67. The van der Waals surface area contributed by atoms with E-state index in [4.69, 9.17) is 4.42 Å². The van der Waals surface area contributed by atoms with E-state index in [1.54, 1.807) is 0 Å². The lowest BCUT2D eigenvalue weighted by atomic mass is 9.94. The molecule has 10 aromatic carbocycles. The monoisotopic (exact) mass is 804 g/mol. The standard InChI is InChI=1S/C60H40N2O/c1-3-19-47-39(13-1)31-35-52-48(23-11-25-51(47)52)41-29-33-43(34-30-41)61(45-17-10-18-46(38-45)62-56-26-7-5-21-53(56)54-22-6-8-27-57(54)62)44-16-9-15-42(37-44)49-24-12-28-58-59(49)55-36-32-40-14-2-4-20-50(40)60(55)63-58/h1-7,9-26,28-38H,8,27H2. The van der Waals surface area contributed by atoms with E-state index in [1.165, 1.54) is 60.2 Å². The Morgan fingerprint density at radius 2 is 1.13 bits per heavy atom. The van der Waals surface area contributed by atoms with Gasteiger partial charge in [-0.05, 0) is 123 Å². The number of hydrogen-bond acceptors (Lipinski definition) is 2. The number of furan rings is 1. The molecule has 296 valence electrons. The minimum absolute atomic E-state index is 0.892. The fraction of sp³-hybridized carbons (Fsp3) is 0.0333. The second-order valence-electron chi connectivity index (χ2n) is 16.7. The van der Waals surface area contributed by atoms with Gasteiger partial charge in [0.25, 0.3) is 0 Å². The molecule has 0 bridgehead atoms. The predicted molar refractivity (Wildman–Crippen MR) is 266 cm³/mol. The molecule has 0 aliphatic heterocycles. The van der Waals surface area contributed by atoms with Crippen LogP contribution in [0.25, 0.3) is 99.2 Å². The molecule has 3 heteroatoms. The van der Waals surface area contributed by atoms with Crippen LogP contribution in [0.5, 0.6) is 0 Å². The highest BCUT2D eigenvalue weighted by Gasteiger charge is 2.21. The third-order valence-corrected chi connectivity index (χ3v) is 13.2. The van der Waals surface area contributed by atoms with Crippen LogP contribution in [0.1, 0.15) is 17.7 Å². The van der Waals surface area contributed by atoms with E-state index in [0.29, 0.717) is 0 Å². The molecule has 0 atom stereocenters. The van der Waals surface area contributed by atoms with Crippen LogP contribution in [0.15, 0.2) is 217 Å². The van der Waals surface area contributed by atoms with Crippen molar-refractivity contribution in [1.29, 1.82) is 0 Å². The molecule has 2 heterocycles. The van der Waals surface area contributed by atoms with Gasteiger partial charge in [-0.3, -0.25) is 0 Å². The Kier molecular flexibility index (Phi) is 8.04. The van der Waals surface area contributed by atoms with Crippen LogP contribution < -0.4 is 4.90 Å². The summed E-state index contributed by atoms with van der Waals surface area (Å²) in [4.78, 5) is 2.41. The molecule has 0 amide bonds. The van der Waals surface area contributed by atoms with Gasteiger partial charge in [0.15, 0.2) is 0 Å². The van der Waals surface area contributed by atoms with E-state index in [9.17, 15) is 0 Å². The quantitative estimate of drug-likeness (QED) is 0.156. The SMILES string of the molecule is C1=Cc2c(n(-c3cccc(N(c4ccc(-c5cccc6c5ccc5ccccc56)cc4)c4cccc(-c5cccc6oc7c8ccccc8ccc7c56)c4)c3)c3ccccc23)CC1. The Morgan fingerprint density at radius 1 is 0.444 bits per heavy atom. The van der Waals surface area contributed by atoms with Crippen molar-refractivity contribution in [1.82, 2.24) is 4.57 Å². The highest BCUT2D eigenvalue weighted by molar-refractivity contribution is 6.19. The average Bonchev–Trinajstić information content (AvgIpc) is 3.91. The van der Waals surface area contributed by atoms with Gasteiger partial charge in [0.2, 0.25) is 0 Å². The fourth-order valence-electron chi connectivity index (χ4n) is 10.4. The summed E-state index contributed by atoms with van der Waals surface area (Å²) >= 11 is 0. The van der Waals surface area contributed by atoms with E-state index < -0.39 is 0 Å². The zero-order valence-electron chi connectivity index (χ0n) is 34.5. The van der Waals surface area contributed by atoms with E-state index in [1.807, 2.05) is 0 Å². The molecule has 0 radical (unpaired) electrons. The van der Waals surface area contributed by atoms with Gasteiger partial charge < -0.3 is 13.9 Å². The number of anilines is 3. The van der Waals surface area contributed by atoms with Crippen molar-refractivity contribution in [2.75, 3.05) is 4.90 Å². The number of allylic oxidation sites excluding steroid dienone is 1. The lowest BCUT2D eigenvalue weighted by molar-refractivity contribution is 0.673. The van der Waals surface area contributed by atoms with Crippen LogP contribution in [0.2, 0.25) is 0 Å². The van der Waals surface area contributed by atoms with E-state index in [-0.39, 0.29) is 0 Å². The Hall–Kier alpha value is -8.14. The van der Waals surface area contributed by atoms with E-state index >= 15 is 0 Å². The summed E-state index contributed by atoms with van der Waals surface area (Å²) in [6.45, 7) is 0. The molecule has 1 aliphatic carbocycles. The van der Waals surface area contributed by atoms with Crippen LogP contribution in [-0.4, -0.2) is 4.57 Å². The lowest BCUT2D eigenvalue weighted by Crippen LogP contribution is -2.11. The Balaban J connectivity index is 0.983. The minimum Gasteiger partial charge on any atom is -0.455 e.